The molecule has 0 spiro atoms. The van der Waals surface area contributed by atoms with Crippen molar-refractivity contribution in [2.75, 3.05) is 13.1 Å². The number of alkyl halides is 2. The first kappa shape index (κ1) is 14.5. The van der Waals surface area contributed by atoms with E-state index in [-0.39, 0.29) is 19.5 Å². The average Bonchev–Trinajstić information content (AvgIpc) is 2.16. The Morgan fingerprint density at radius 2 is 2.05 bits per heavy atom. The number of fused-ring (bicyclic) bond motifs is 2. The van der Waals surface area contributed by atoms with Crippen LogP contribution in [-0.4, -0.2) is 41.1 Å². The Labute approximate surface area is 112 Å². The first-order chi connectivity index (χ1) is 8.63. The Kier molecular flexibility index (Phi) is 3.28. The van der Waals surface area contributed by atoms with Crippen molar-refractivity contribution < 1.29 is 18.7 Å². The highest BCUT2D eigenvalue weighted by atomic mass is 19.3. The predicted molar refractivity (Wildman–Crippen MR) is 64.9 cm³/mol. The molecule has 4 nitrogen and oxygen atoms in total. The zero-order chi connectivity index (χ0) is 14.5. The van der Waals surface area contributed by atoms with Gasteiger partial charge in [0.25, 0.3) is 5.92 Å². The van der Waals surface area contributed by atoms with Gasteiger partial charge in [-0.3, -0.25) is 0 Å². The molecule has 2 unspecified atom stereocenters. The Bertz CT molecular complexity index is 369. The first-order valence-electron chi connectivity index (χ1n) is 6.73. The molecule has 1 amide bonds. The number of amides is 1. The van der Waals surface area contributed by atoms with Gasteiger partial charge >= 0.3 is 0 Å². The molecule has 6 heteroatoms. The van der Waals surface area contributed by atoms with Crippen LogP contribution in [0, 0.1) is 5.92 Å². The van der Waals surface area contributed by atoms with Crippen molar-refractivity contribution in [1.82, 2.24) is 10.2 Å². The normalized spacial score (nSPS) is 33.8. The van der Waals surface area contributed by atoms with Crippen LogP contribution >= 0.6 is 0 Å². The number of halogens is 2. The lowest BCUT2D eigenvalue weighted by Gasteiger charge is -2.60. The smallest absolute Gasteiger partial charge is 0.276 e. The lowest BCUT2D eigenvalue weighted by Crippen LogP contribution is -2.78. The molecule has 0 aromatic rings. The van der Waals surface area contributed by atoms with Gasteiger partial charge in [0, 0.05) is 24.5 Å². The van der Waals surface area contributed by atoms with Crippen molar-refractivity contribution in [3.8, 4) is 0 Å². The van der Waals surface area contributed by atoms with Gasteiger partial charge in [-0.05, 0) is 33.6 Å². The fraction of sp³-hybridized carbons (Fsp3) is 0.923. The molecule has 1 aliphatic heterocycles. The SMILES string of the molecule is CC(C)(C)N(C(=O)[O-])C12CCCC(CNC1)C2(F)F. The molecule has 2 bridgehead atoms. The van der Waals surface area contributed by atoms with Gasteiger partial charge in [-0.1, -0.05) is 6.42 Å². The summed E-state index contributed by atoms with van der Waals surface area (Å²) in [5.74, 6) is -3.80. The molecule has 2 aliphatic rings. The molecule has 2 atom stereocenters. The molecule has 2 rings (SSSR count). The molecule has 1 saturated heterocycles. The number of carbonyl (C=O) groups excluding carboxylic acids is 1. The van der Waals surface area contributed by atoms with Gasteiger partial charge in [-0.2, -0.15) is 0 Å². The summed E-state index contributed by atoms with van der Waals surface area (Å²) in [4.78, 5) is 12.4. The van der Waals surface area contributed by atoms with Crippen molar-refractivity contribution in [3.63, 3.8) is 0 Å². The fourth-order valence-corrected chi connectivity index (χ4v) is 3.69. The number of hydrogen-bond acceptors (Lipinski definition) is 3. The van der Waals surface area contributed by atoms with E-state index in [1.54, 1.807) is 20.8 Å². The molecule has 0 radical (unpaired) electrons. The van der Waals surface area contributed by atoms with E-state index in [4.69, 9.17) is 0 Å². The number of carbonyl (C=O) groups is 1. The van der Waals surface area contributed by atoms with Gasteiger partial charge in [-0.15, -0.1) is 0 Å². The molecule has 110 valence electrons. The van der Waals surface area contributed by atoms with E-state index >= 15 is 0 Å². The minimum atomic E-state index is -3.01. The Balaban J connectivity index is 2.50. The van der Waals surface area contributed by atoms with Crippen molar-refractivity contribution in [2.45, 2.75) is 57.0 Å². The third-order valence-corrected chi connectivity index (χ3v) is 4.37. The second kappa shape index (κ2) is 4.30. The van der Waals surface area contributed by atoms with E-state index in [1.165, 1.54) is 0 Å². The third kappa shape index (κ3) is 2.00. The van der Waals surface area contributed by atoms with Gasteiger partial charge in [-0.25, -0.2) is 8.78 Å². The van der Waals surface area contributed by atoms with Gasteiger partial charge < -0.3 is 20.1 Å². The summed E-state index contributed by atoms with van der Waals surface area (Å²) in [5.41, 5.74) is -2.59. The van der Waals surface area contributed by atoms with Crippen molar-refractivity contribution in [3.05, 3.63) is 0 Å². The lowest BCUT2D eigenvalue weighted by atomic mass is 9.67. The van der Waals surface area contributed by atoms with Crippen molar-refractivity contribution >= 4 is 6.09 Å². The Morgan fingerprint density at radius 1 is 1.42 bits per heavy atom. The largest absolute Gasteiger partial charge is 0.530 e. The van der Waals surface area contributed by atoms with Crippen LogP contribution in [0.15, 0.2) is 0 Å². The van der Waals surface area contributed by atoms with Gasteiger partial charge in [0.1, 0.15) is 11.6 Å². The molecular weight excluding hydrogens is 254 g/mol. The standard InChI is InChI=1S/C13H22F2N2O2/c1-11(2,3)17(10(18)19)12-6-4-5-9(7-16-8-12)13(12,14)15/h9,16H,4-8H2,1-3H3,(H,18,19)/p-1. The number of nitrogens with one attached hydrogen (secondary N) is 1. The molecule has 1 aliphatic carbocycles. The summed E-state index contributed by atoms with van der Waals surface area (Å²) in [6.45, 7) is 5.13. The summed E-state index contributed by atoms with van der Waals surface area (Å²) in [7, 11) is 0. The average molecular weight is 275 g/mol. The zero-order valence-corrected chi connectivity index (χ0v) is 11.6. The topological polar surface area (TPSA) is 55.4 Å². The number of carboxylic acid groups (broad SMARTS) is 1. The highest BCUT2D eigenvalue weighted by Crippen LogP contribution is 2.51. The van der Waals surface area contributed by atoms with Crippen LogP contribution in [0.4, 0.5) is 13.6 Å². The second-order valence-electron chi connectivity index (χ2n) is 6.65. The number of piperidine rings is 1. The van der Waals surface area contributed by atoms with E-state index in [0.29, 0.717) is 12.8 Å². The molecule has 1 saturated carbocycles. The highest BCUT2D eigenvalue weighted by Gasteiger charge is 2.65. The van der Waals surface area contributed by atoms with E-state index < -0.39 is 29.0 Å². The van der Waals surface area contributed by atoms with Crippen LogP contribution in [0.2, 0.25) is 0 Å². The van der Waals surface area contributed by atoms with Crippen LogP contribution in [0.3, 0.4) is 0 Å². The molecular formula is C13H21F2N2O2-. The second-order valence-corrected chi connectivity index (χ2v) is 6.65. The molecule has 0 aromatic carbocycles. The lowest BCUT2D eigenvalue weighted by molar-refractivity contribution is -0.300. The van der Waals surface area contributed by atoms with Gasteiger partial charge in [0.2, 0.25) is 0 Å². The summed E-state index contributed by atoms with van der Waals surface area (Å²) < 4.78 is 29.5. The predicted octanol–water partition coefficient (Wildman–Crippen LogP) is 1.21. The van der Waals surface area contributed by atoms with E-state index in [2.05, 4.69) is 5.32 Å². The maximum Gasteiger partial charge on any atom is 0.276 e. The van der Waals surface area contributed by atoms with Crippen molar-refractivity contribution in [1.29, 1.82) is 0 Å². The first-order valence-corrected chi connectivity index (χ1v) is 6.73. The van der Waals surface area contributed by atoms with E-state index in [1.807, 2.05) is 0 Å². The Morgan fingerprint density at radius 3 is 2.58 bits per heavy atom. The molecule has 2 fully saturated rings. The van der Waals surface area contributed by atoms with Crippen LogP contribution < -0.4 is 10.4 Å². The summed E-state index contributed by atoms with van der Waals surface area (Å²) in [6, 6.07) is 0. The molecule has 19 heavy (non-hydrogen) atoms. The highest BCUT2D eigenvalue weighted by molar-refractivity contribution is 5.65. The van der Waals surface area contributed by atoms with Crippen LogP contribution in [0.5, 0.6) is 0 Å². The maximum absolute atomic E-state index is 14.7. The molecule has 1 N–H and O–H groups in total. The van der Waals surface area contributed by atoms with E-state index in [9.17, 15) is 18.7 Å². The monoisotopic (exact) mass is 275 g/mol. The van der Waals surface area contributed by atoms with Gasteiger partial charge in [0.15, 0.2) is 0 Å². The molecule has 0 aromatic heterocycles. The minimum absolute atomic E-state index is 0.0122. The van der Waals surface area contributed by atoms with Crippen LogP contribution in [0.1, 0.15) is 40.0 Å². The Hall–Kier alpha value is -0.910. The van der Waals surface area contributed by atoms with E-state index in [0.717, 1.165) is 4.90 Å². The van der Waals surface area contributed by atoms with Crippen LogP contribution in [-0.2, 0) is 0 Å². The third-order valence-electron chi connectivity index (χ3n) is 4.37. The quantitative estimate of drug-likeness (QED) is 0.782. The summed E-state index contributed by atoms with van der Waals surface area (Å²) >= 11 is 0. The number of rotatable bonds is 1. The van der Waals surface area contributed by atoms with Crippen LogP contribution in [0.25, 0.3) is 0 Å². The van der Waals surface area contributed by atoms with Crippen molar-refractivity contribution in [2.24, 2.45) is 5.92 Å². The zero-order valence-electron chi connectivity index (χ0n) is 11.6. The van der Waals surface area contributed by atoms with Gasteiger partial charge in [0.05, 0.1) is 0 Å². The number of nitrogens with zero attached hydrogens (tertiary/aromatic N) is 1. The fourth-order valence-electron chi connectivity index (χ4n) is 3.69. The molecule has 1 heterocycles. The summed E-state index contributed by atoms with van der Waals surface area (Å²) in [5, 5.41) is 14.5. The minimum Gasteiger partial charge on any atom is -0.530 e. The number of hydrogen-bond donors (Lipinski definition) is 1. The summed E-state index contributed by atoms with van der Waals surface area (Å²) in [6.07, 6.45) is -0.278. The maximum atomic E-state index is 14.7.